The van der Waals surface area contributed by atoms with Crippen LogP contribution in [0.2, 0.25) is 0 Å². The lowest BCUT2D eigenvalue weighted by molar-refractivity contribution is 0.0358. The predicted molar refractivity (Wildman–Crippen MR) is 113 cm³/mol. The third kappa shape index (κ3) is 3.73. The molecule has 1 fully saturated rings. The summed E-state index contributed by atoms with van der Waals surface area (Å²) in [5.74, 6) is 2.00. The fraction of sp³-hybridized carbons (Fsp3) is 0.318. The smallest absolute Gasteiger partial charge is 0.255 e. The number of anilines is 1. The zero-order valence-electron chi connectivity index (χ0n) is 17.2. The van der Waals surface area contributed by atoms with Crippen LogP contribution >= 0.6 is 0 Å². The van der Waals surface area contributed by atoms with E-state index in [2.05, 4.69) is 9.88 Å². The molecule has 2 aromatic heterocycles. The van der Waals surface area contributed by atoms with Gasteiger partial charge < -0.3 is 19.1 Å². The molecule has 1 aliphatic rings. The summed E-state index contributed by atoms with van der Waals surface area (Å²) < 4.78 is 18.7. The second-order valence-electron chi connectivity index (χ2n) is 6.96. The van der Waals surface area contributed by atoms with Crippen LogP contribution in [-0.2, 0) is 11.8 Å². The number of aromatic nitrogens is 3. The van der Waals surface area contributed by atoms with Crippen molar-refractivity contribution in [2.45, 2.75) is 6.10 Å². The summed E-state index contributed by atoms with van der Waals surface area (Å²) in [4.78, 5) is 23.5. The largest absolute Gasteiger partial charge is 0.496 e. The van der Waals surface area contributed by atoms with E-state index < -0.39 is 0 Å². The summed E-state index contributed by atoms with van der Waals surface area (Å²) in [7, 11) is 4.99. The van der Waals surface area contributed by atoms with Crippen molar-refractivity contribution in [1.29, 1.82) is 0 Å². The van der Waals surface area contributed by atoms with Crippen molar-refractivity contribution >= 4 is 5.95 Å². The number of hydrogen-bond donors (Lipinski definition) is 0. The molecule has 4 rings (SSSR count). The molecule has 3 heterocycles. The number of methoxy groups -OCH3 is 2. The van der Waals surface area contributed by atoms with Crippen molar-refractivity contribution in [3.05, 3.63) is 64.7 Å². The number of rotatable bonds is 5. The monoisotopic (exact) mass is 408 g/mol. The van der Waals surface area contributed by atoms with Gasteiger partial charge in [-0.25, -0.2) is 4.98 Å². The maximum atomic E-state index is 12.6. The number of pyridine rings is 1. The molecule has 0 saturated carbocycles. The Morgan fingerprint density at radius 2 is 1.80 bits per heavy atom. The maximum absolute atomic E-state index is 12.6. The first kappa shape index (κ1) is 19.9. The van der Waals surface area contributed by atoms with Crippen LogP contribution in [0.4, 0.5) is 5.95 Å². The molecule has 0 amide bonds. The lowest BCUT2D eigenvalue weighted by Crippen LogP contribution is -2.42. The molecule has 0 spiro atoms. The van der Waals surface area contributed by atoms with E-state index in [4.69, 9.17) is 19.2 Å². The highest BCUT2D eigenvalue weighted by molar-refractivity contribution is 5.59. The third-order valence-electron chi connectivity index (χ3n) is 5.22. The highest BCUT2D eigenvalue weighted by Crippen LogP contribution is 2.38. The Hall–Kier alpha value is -3.39. The first-order chi connectivity index (χ1) is 14.6. The molecule has 0 radical (unpaired) electrons. The molecule has 0 aliphatic carbocycles. The lowest BCUT2D eigenvalue weighted by Gasteiger charge is -2.35. The SMILES string of the molecule is COc1cccc(OC)c1[C@H]1CN(c2nc(-c3ccncc3)cc(=O)n2C)CCO1. The molecule has 1 atom stereocenters. The second kappa shape index (κ2) is 8.54. The van der Waals surface area contributed by atoms with Crippen LogP contribution in [0.5, 0.6) is 11.5 Å². The van der Waals surface area contributed by atoms with E-state index in [0.29, 0.717) is 42.8 Å². The summed E-state index contributed by atoms with van der Waals surface area (Å²) in [6.45, 7) is 1.62. The van der Waals surface area contributed by atoms with E-state index in [9.17, 15) is 4.79 Å². The van der Waals surface area contributed by atoms with Gasteiger partial charge in [-0.1, -0.05) is 6.07 Å². The van der Waals surface area contributed by atoms with Gasteiger partial charge in [0.2, 0.25) is 5.95 Å². The second-order valence-corrected chi connectivity index (χ2v) is 6.96. The van der Waals surface area contributed by atoms with Crippen molar-refractivity contribution < 1.29 is 14.2 Å². The number of nitrogens with zero attached hydrogens (tertiary/aromatic N) is 4. The zero-order valence-corrected chi connectivity index (χ0v) is 17.2. The normalized spacial score (nSPS) is 16.4. The molecule has 156 valence electrons. The molecule has 3 aromatic rings. The fourth-order valence-corrected chi connectivity index (χ4v) is 3.68. The van der Waals surface area contributed by atoms with E-state index in [1.807, 2.05) is 30.3 Å². The van der Waals surface area contributed by atoms with Crippen molar-refractivity contribution in [3.8, 4) is 22.8 Å². The van der Waals surface area contributed by atoms with E-state index in [1.165, 1.54) is 0 Å². The van der Waals surface area contributed by atoms with Crippen molar-refractivity contribution in [3.63, 3.8) is 0 Å². The van der Waals surface area contributed by atoms with Gasteiger partial charge in [0.05, 0.1) is 38.6 Å². The summed E-state index contributed by atoms with van der Waals surface area (Å²) in [6, 6.07) is 10.9. The van der Waals surface area contributed by atoms with Crippen LogP contribution in [0, 0.1) is 0 Å². The zero-order chi connectivity index (χ0) is 21.1. The average Bonchev–Trinajstić information content (AvgIpc) is 2.80. The average molecular weight is 408 g/mol. The first-order valence-electron chi connectivity index (χ1n) is 9.68. The predicted octanol–water partition coefficient (Wildman–Crippen LogP) is 2.44. The highest BCUT2D eigenvalue weighted by Gasteiger charge is 2.29. The van der Waals surface area contributed by atoms with Crippen LogP contribution in [0.1, 0.15) is 11.7 Å². The number of hydrogen-bond acceptors (Lipinski definition) is 7. The molecule has 1 aromatic carbocycles. The summed E-state index contributed by atoms with van der Waals surface area (Å²) in [6.07, 6.45) is 3.09. The number of ether oxygens (including phenoxy) is 3. The number of benzene rings is 1. The molecule has 0 unspecified atom stereocenters. The number of morpholine rings is 1. The van der Waals surface area contributed by atoms with Crippen LogP contribution in [0.3, 0.4) is 0 Å². The van der Waals surface area contributed by atoms with Crippen LogP contribution in [0.15, 0.2) is 53.6 Å². The van der Waals surface area contributed by atoms with Gasteiger partial charge in [-0.2, -0.15) is 0 Å². The molecule has 0 bridgehead atoms. The van der Waals surface area contributed by atoms with Gasteiger partial charge in [-0.15, -0.1) is 0 Å². The van der Waals surface area contributed by atoms with E-state index in [1.54, 1.807) is 44.3 Å². The summed E-state index contributed by atoms with van der Waals surface area (Å²) in [5.41, 5.74) is 2.20. The van der Waals surface area contributed by atoms with Gasteiger partial charge in [-0.05, 0) is 24.3 Å². The minimum Gasteiger partial charge on any atom is -0.496 e. The standard InChI is InChI=1S/C22H24N4O4/c1-25-20(27)13-16(15-7-9-23-10-8-15)24-22(25)26-11-12-30-19(14-26)21-17(28-2)5-4-6-18(21)29-3/h4-10,13,19H,11-12,14H2,1-3H3/t19-/m1/s1. The highest BCUT2D eigenvalue weighted by atomic mass is 16.5. The lowest BCUT2D eigenvalue weighted by atomic mass is 10.0. The Labute approximate surface area is 174 Å². The Morgan fingerprint density at radius 1 is 1.10 bits per heavy atom. The van der Waals surface area contributed by atoms with Gasteiger partial charge in [0.25, 0.3) is 5.56 Å². The van der Waals surface area contributed by atoms with Gasteiger partial charge in [0.15, 0.2) is 0 Å². The molecule has 1 saturated heterocycles. The van der Waals surface area contributed by atoms with Crippen LogP contribution in [-0.4, -0.2) is 48.5 Å². The van der Waals surface area contributed by atoms with E-state index in [0.717, 1.165) is 11.1 Å². The molecular formula is C22H24N4O4. The molecule has 30 heavy (non-hydrogen) atoms. The van der Waals surface area contributed by atoms with Crippen LogP contribution < -0.4 is 19.9 Å². The van der Waals surface area contributed by atoms with E-state index in [-0.39, 0.29) is 11.7 Å². The quantitative estimate of drug-likeness (QED) is 0.642. The third-order valence-corrected chi connectivity index (χ3v) is 5.22. The van der Waals surface area contributed by atoms with E-state index >= 15 is 0 Å². The molecule has 0 N–H and O–H groups in total. The Bertz CT molecular complexity index is 1060. The fourth-order valence-electron chi connectivity index (χ4n) is 3.68. The Morgan fingerprint density at radius 3 is 2.47 bits per heavy atom. The van der Waals surface area contributed by atoms with Crippen molar-refractivity contribution in [2.75, 3.05) is 38.8 Å². The van der Waals surface area contributed by atoms with Crippen molar-refractivity contribution in [1.82, 2.24) is 14.5 Å². The molecule has 8 nitrogen and oxygen atoms in total. The van der Waals surface area contributed by atoms with Crippen molar-refractivity contribution in [2.24, 2.45) is 7.05 Å². The topological polar surface area (TPSA) is 78.7 Å². The van der Waals surface area contributed by atoms with Crippen LogP contribution in [0.25, 0.3) is 11.3 Å². The Balaban J connectivity index is 1.71. The minimum atomic E-state index is -0.286. The molecule has 1 aliphatic heterocycles. The maximum Gasteiger partial charge on any atom is 0.255 e. The Kier molecular flexibility index (Phi) is 5.67. The van der Waals surface area contributed by atoms with Gasteiger partial charge in [-0.3, -0.25) is 14.3 Å². The minimum absolute atomic E-state index is 0.121. The van der Waals surface area contributed by atoms with Gasteiger partial charge >= 0.3 is 0 Å². The van der Waals surface area contributed by atoms with Gasteiger partial charge in [0, 0.05) is 37.6 Å². The molecular weight excluding hydrogens is 384 g/mol. The summed E-state index contributed by atoms with van der Waals surface area (Å²) >= 11 is 0. The first-order valence-corrected chi connectivity index (χ1v) is 9.68. The summed E-state index contributed by atoms with van der Waals surface area (Å²) in [5, 5.41) is 0. The molecule has 8 heteroatoms. The van der Waals surface area contributed by atoms with Gasteiger partial charge in [0.1, 0.15) is 17.6 Å².